The number of nitro groups is 1. The number of aromatic nitrogens is 2. The van der Waals surface area contributed by atoms with Crippen LogP contribution in [0.3, 0.4) is 0 Å². The summed E-state index contributed by atoms with van der Waals surface area (Å²) in [5, 5.41) is 15.2. The molecule has 0 aliphatic rings. The number of amides is 1. The SMILES string of the molecule is COc1ccc([N+](=O)[O-])cc1/C=N\NC(=O)CSc1nc(C)cc(C)n1. The van der Waals surface area contributed by atoms with Crippen LogP contribution in [0.15, 0.2) is 34.5 Å². The molecular formula is C16H17N5O4S. The quantitative estimate of drug-likeness (QED) is 0.259. The fourth-order valence-corrected chi connectivity index (χ4v) is 2.77. The summed E-state index contributed by atoms with van der Waals surface area (Å²) in [6.45, 7) is 3.71. The molecular weight excluding hydrogens is 358 g/mol. The van der Waals surface area contributed by atoms with Gasteiger partial charge in [-0.05, 0) is 26.0 Å². The van der Waals surface area contributed by atoms with Crippen LogP contribution in [-0.2, 0) is 4.79 Å². The van der Waals surface area contributed by atoms with Crippen molar-refractivity contribution in [2.45, 2.75) is 19.0 Å². The number of non-ortho nitro benzene ring substituents is 1. The Morgan fingerprint density at radius 2 is 2.04 bits per heavy atom. The Kier molecular flexibility index (Phi) is 6.61. The predicted octanol–water partition coefficient (Wildman–Crippen LogP) is 2.25. The fourth-order valence-electron chi connectivity index (χ4n) is 2.03. The second-order valence-corrected chi connectivity index (χ2v) is 6.14. The molecule has 0 aliphatic heterocycles. The van der Waals surface area contributed by atoms with Gasteiger partial charge in [-0.3, -0.25) is 14.9 Å². The minimum Gasteiger partial charge on any atom is -0.496 e. The highest BCUT2D eigenvalue weighted by atomic mass is 32.2. The molecule has 1 aromatic heterocycles. The highest BCUT2D eigenvalue weighted by Crippen LogP contribution is 2.22. The second-order valence-electron chi connectivity index (χ2n) is 5.20. The summed E-state index contributed by atoms with van der Waals surface area (Å²) in [5.41, 5.74) is 4.30. The van der Waals surface area contributed by atoms with Crippen molar-refractivity contribution >= 4 is 29.6 Å². The van der Waals surface area contributed by atoms with Crippen molar-refractivity contribution in [3.8, 4) is 5.75 Å². The van der Waals surface area contributed by atoms with Crippen molar-refractivity contribution in [1.29, 1.82) is 0 Å². The molecule has 1 amide bonds. The van der Waals surface area contributed by atoms with Crippen molar-refractivity contribution in [1.82, 2.24) is 15.4 Å². The number of carbonyl (C=O) groups excluding carboxylic acids is 1. The maximum atomic E-state index is 11.9. The third-order valence-electron chi connectivity index (χ3n) is 3.11. The Morgan fingerprint density at radius 3 is 2.65 bits per heavy atom. The Balaban J connectivity index is 1.96. The Bertz CT molecular complexity index is 836. The van der Waals surface area contributed by atoms with E-state index >= 15 is 0 Å². The zero-order chi connectivity index (χ0) is 19.1. The zero-order valence-corrected chi connectivity index (χ0v) is 15.2. The number of hydrogen-bond acceptors (Lipinski definition) is 8. The first-order chi connectivity index (χ1) is 12.4. The van der Waals surface area contributed by atoms with Gasteiger partial charge in [0.15, 0.2) is 5.16 Å². The molecule has 0 unspecified atom stereocenters. The lowest BCUT2D eigenvalue weighted by molar-refractivity contribution is -0.384. The predicted molar refractivity (Wildman–Crippen MR) is 97.6 cm³/mol. The number of rotatable bonds is 7. The maximum absolute atomic E-state index is 11.9. The van der Waals surface area contributed by atoms with Crippen LogP contribution in [0.2, 0.25) is 0 Å². The third kappa shape index (κ3) is 5.52. The number of hydrogen-bond donors (Lipinski definition) is 1. The average Bonchev–Trinajstić information content (AvgIpc) is 2.59. The highest BCUT2D eigenvalue weighted by Gasteiger charge is 2.10. The van der Waals surface area contributed by atoms with E-state index in [2.05, 4.69) is 20.5 Å². The second kappa shape index (κ2) is 8.90. The number of aryl methyl sites for hydroxylation is 2. The number of nitrogens with zero attached hydrogens (tertiary/aromatic N) is 4. The van der Waals surface area contributed by atoms with Gasteiger partial charge in [-0.15, -0.1) is 0 Å². The molecule has 0 fully saturated rings. The minimum atomic E-state index is -0.518. The van der Waals surface area contributed by atoms with Crippen LogP contribution in [-0.4, -0.2) is 39.9 Å². The summed E-state index contributed by atoms with van der Waals surface area (Å²) in [6, 6.07) is 5.96. The van der Waals surface area contributed by atoms with E-state index in [0.717, 1.165) is 11.4 Å². The summed E-state index contributed by atoms with van der Waals surface area (Å²) in [6.07, 6.45) is 1.29. The molecule has 2 aromatic rings. The monoisotopic (exact) mass is 375 g/mol. The van der Waals surface area contributed by atoms with Gasteiger partial charge in [-0.2, -0.15) is 5.10 Å². The molecule has 1 aromatic carbocycles. The number of methoxy groups -OCH3 is 1. The van der Waals surface area contributed by atoms with Crippen LogP contribution >= 0.6 is 11.8 Å². The van der Waals surface area contributed by atoms with E-state index in [1.807, 2.05) is 19.9 Å². The van der Waals surface area contributed by atoms with E-state index in [1.54, 1.807) is 0 Å². The molecule has 1 N–H and O–H groups in total. The molecule has 2 rings (SSSR count). The molecule has 10 heteroatoms. The van der Waals surface area contributed by atoms with Gasteiger partial charge in [0.1, 0.15) is 5.75 Å². The van der Waals surface area contributed by atoms with Crippen LogP contribution in [0.25, 0.3) is 0 Å². The van der Waals surface area contributed by atoms with Gasteiger partial charge in [0.2, 0.25) is 0 Å². The maximum Gasteiger partial charge on any atom is 0.270 e. The Morgan fingerprint density at radius 1 is 1.35 bits per heavy atom. The Labute approximate surface area is 154 Å². The molecule has 26 heavy (non-hydrogen) atoms. The first kappa shape index (κ1) is 19.3. The standard InChI is InChI=1S/C16H17N5O4S/c1-10-6-11(2)19-16(18-10)26-9-15(22)20-17-8-12-7-13(21(23)24)4-5-14(12)25-3/h4-8H,9H2,1-3H3,(H,20,22)/b17-8-. The van der Waals surface area contributed by atoms with Crippen molar-refractivity contribution < 1.29 is 14.5 Å². The van der Waals surface area contributed by atoms with E-state index in [1.165, 1.54) is 43.3 Å². The molecule has 0 saturated heterocycles. The first-order valence-electron chi connectivity index (χ1n) is 7.48. The normalized spacial score (nSPS) is 10.7. The highest BCUT2D eigenvalue weighted by molar-refractivity contribution is 7.99. The van der Waals surface area contributed by atoms with Crippen LogP contribution in [0.4, 0.5) is 5.69 Å². The number of nitrogens with one attached hydrogen (secondary N) is 1. The van der Waals surface area contributed by atoms with Crippen molar-refractivity contribution in [2.24, 2.45) is 5.10 Å². The molecule has 0 saturated carbocycles. The molecule has 1 heterocycles. The van der Waals surface area contributed by atoms with Gasteiger partial charge >= 0.3 is 0 Å². The van der Waals surface area contributed by atoms with Gasteiger partial charge in [0.25, 0.3) is 11.6 Å². The van der Waals surface area contributed by atoms with Gasteiger partial charge in [0, 0.05) is 29.1 Å². The van der Waals surface area contributed by atoms with E-state index in [4.69, 9.17) is 4.74 Å². The summed E-state index contributed by atoms with van der Waals surface area (Å²) < 4.78 is 5.12. The number of nitro benzene ring substituents is 1. The number of hydrazone groups is 1. The topological polar surface area (TPSA) is 120 Å². The average molecular weight is 375 g/mol. The third-order valence-corrected chi connectivity index (χ3v) is 3.96. The van der Waals surface area contributed by atoms with Crippen LogP contribution in [0, 0.1) is 24.0 Å². The van der Waals surface area contributed by atoms with Gasteiger partial charge in [-0.1, -0.05) is 11.8 Å². The molecule has 0 atom stereocenters. The summed E-state index contributed by atoms with van der Waals surface area (Å²) in [5.74, 6) is 0.150. The van der Waals surface area contributed by atoms with Gasteiger partial charge in [-0.25, -0.2) is 15.4 Å². The van der Waals surface area contributed by atoms with E-state index < -0.39 is 4.92 Å². The van der Waals surface area contributed by atoms with E-state index in [0.29, 0.717) is 16.5 Å². The summed E-state index contributed by atoms with van der Waals surface area (Å²) in [7, 11) is 1.44. The van der Waals surface area contributed by atoms with Crippen molar-refractivity contribution in [3.63, 3.8) is 0 Å². The lowest BCUT2D eigenvalue weighted by Crippen LogP contribution is -2.20. The molecule has 9 nitrogen and oxygen atoms in total. The van der Waals surface area contributed by atoms with Crippen molar-refractivity contribution in [2.75, 3.05) is 12.9 Å². The van der Waals surface area contributed by atoms with E-state index in [9.17, 15) is 14.9 Å². The summed E-state index contributed by atoms with van der Waals surface area (Å²) >= 11 is 1.19. The number of ether oxygens (including phenoxy) is 1. The molecule has 0 bridgehead atoms. The smallest absolute Gasteiger partial charge is 0.270 e. The first-order valence-corrected chi connectivity index (χ1v) is 8.47. The van der Waals surface area contributed by atoms with E-state index in [-0.39, 0.29) is 17.3 Å². The molecule has 0 radical (unpaired) electrons. The van der Waals surface area contributed by atoms with Crippen LogP contribution in [0.5, 0.6) is 5.75 Å². The number of thioether (sulfide) groups is 1. The van der Waals surface area contributed by atoms with Gasteiger partial charge in [0.05, 0.1) is 24.0 Å². The number of carbonyl (C=O) groups is 1. The molecule has 0 spiro atoms. The van der Waals surface area contributed by atoms with Crippen LogP contribution < -0.4 is 10.2 Å². The van der Waals surface area contributed by atoms with Crippen molar-refractivity contribution in [3.05, 3.63) is 51.3 Å². The molecule has 0 aliphatic carbocycles. The fraction of sp³-hybridized carbons (Fsp3) is 0.250. The zero-order valence-electron chi connectivity index (χ0n) is 14.4. The van der Waals surface area contributed by atoms with Gasteiger partial charge < -0.3 is 4.74 Å². The number of benzene rings is 1. The lowest BCUT2D eigenvalue weighted by Gasteiger charge is -2.04. The lowest BCUT2D eigenvalue weighted by atomic mass is 10.2. The largest absolute Gasteiger partial charge is 0.496 e. The van der Waals surface area contributed by atoms with Crippen LogP contribution in [0.1, 0.15) is 17.0 Å². The molecule has 136 valence electrons. The Hall–Kier alpha value is -3.01. The summed E-state index contributed by atoms with van der Waals surface area (Å²) in [4.78, 5) is 30.7. The minimum absolute atomic E-state index is 0.0896.